The minimum atomic E-state index is -0.224. The molecule has 0 bridgehead atoms. The lowest BCUT2D eigenvalue weighted by atomic mass is 9.78. The second kappa shape index (κ2) is 7.16. The van der Waals surface area contributed by atoms with Gasteiger partial charge in [-0.25, -0.2) is 0 Å². The van der Waals surface area contributed by atoms with E-state index in [-0.39, 0.29) is 24.0 Å². The van der Waals surface area contributed by atoms with Crippen molar-refractivity contribution in [3.05, 3.63) is 77.0 Å². The topological polar surface area (TPSA) is 55.4 Å². The molecule has 1 amide bonds. The van der Waals surface area contributed by atoms with Crippen LogP contribution in [0.4, 0.5) is 0 Å². The molecule has 26 heavy (non-hydrogen) atoms. The highest BCUT2D eigenvalue weighted by molar-refractivity contribution is 6.01. The van der Waals surface area contributed by atoms with Crippen LogP contribution in [-0.4, -0.2) is 11.7 Å². The van der Waals surface area contributed by atoms with Crippen molar-refractivity contribution in [2.45, 2.75) is 38.2 Å². The van der Waals surface area contributed by atoms with Crippen LogP contribution >= 0.6 is 0 Å². The molecule has 0 unspecified atom stereocenters. The number of benzene rings is 2. The number of rotatable bonds is 4. The fourth-order valence-electron chi connectivity index (χ4n) is 3.81. The smallest absolute Gasteiger partial charge is 0.225 e. The third-order valence-corrected chi connectivity index (χ3v) is 5.02. The molecule has 0 saturated carbocycles. The van der Waals surface area contributed by atoms with Crippen molar-refractivity contribution in [2.24, 2.45) is 0 Å². The molecule has 4 rings (SSSR count). The Morgan fingerprint density at radius 1 is 0.962 bits per heavy atom. The minimum Gasteiger partial charge on any atom is -0.489 e. The van der Waals surface area contributed by atoms with E-state index in [9.17, 15) is 9.59 Å². The van der Waals surface area contributed by atoms with Crippen LogP contribution in [0.2, 0.25) is 0 Å². The van der Waals surface area contributed by atoms with Crippen LogP contribution in [0.5, 0.6) is 5.75 Å². The second-order valence-corrected chi connectivity index (χ2v) is 6.79. The molecule has 1 heterocycles. The molecular weight excluding hydrogens is 326 g/mol. The van der Waals surface area contributed by atoms with Crippen molar-refractivity contribution >= 4 is 11.7 Å². The Balaban J connectivity index is 1.66. The first kappa shape index (κ1) is 16.6. The number of Topliss-reactive ketones (excluding diaryl/α,β-unsaturated/α-hetero) is 1. The molecule has 0 spiro atoms. The quantitative estimate of drug-likeness (QED) is 0.913. The van der Waals surface area contributed by atoms with Crippen LogP contribution in [-0.2, 0) is 16.2 Å². The van der Waals surface area contributed by atoms with E-state index in [0.717, 1.165) is 41.0 Å². The third kappa shape index (κ3) is 3.27. The van der Waals surface area contributed by atoms with Gasteiger partial charge < -0.3 is 10.1 Å². The Labute approximate surface area is 152 Å². The lowest BCUT2D eigenvalue weighted by molar-refractivity contribution is -0.122. The summed E-state index contributed by atoms with van der Waals surface area (Å²) in [5.41, 5.74) is 3.57. The number of hydrogen-bond donors (Lipinski definition) is 1. The first-order valence-corrected chi connectivity index (χ1v) is 9.04. The zero-order valence-electron chi connectivity index (χ0n) is 14.5. The number of ketones is 1. The summed E-state index contributed by atoms with van der Waals surface area (Å²) in [4.78, 5) is 24.8. The standard InChI is InChI=1S/C22H21NO3/c24-19-11-6-10-18-22(19)17(13-21(25)23-18)16-9-4-5-12-20(16)26-14-15-7-2-1-3-8-15/h1-5,7-9,12,17H,6,10-11,13-14H2,(H,23,25)/t17-/m1/s1. The summed E-state index contributed by atoms with van der Waals surface area (Å²) in [6, 6.07) is 17.7. The van der Waals surface area contributed by atoms with E-state index < -0.39 is 0 Å². The van der Waals surface area contributed by atoms with Crippen molar-refractivity contribution < 1.29 is 14.3 Å². The molecule has 2 aromatic carbocycles. The first-order valence-electron chi connectivity index (χ1n) is 9.04. The van der Waals surface area contributed by atoms with Gasteiger partial charge in [0.2, 0.25) is 5.91 Å². The molecule has 0 saturated heterocycles. The first-order chi connectivity index (χ1) is 12.7. The summed E-state index contributed by atoms with van der Waals surface area (Å²) in [6.07, 6.45) is 2.40. The monoisotopic (exact) mass is 347 g/mol. The summed E-state index contributed by atoms with van der Waals surface area (Å²) >= 11 is 0. The average Bonchev–Trinajstić information content (AvgIpc) is 2.67. The van der Waals surface area contributed by atoms with Crippen LogP contribution in [0, 0.1) is 0 Å². The SMILES string of the molecule is O=C1C[C@H](c2ccccc2OCc2ccccc2)C2=C(CCCC2=O)N1. The molecule has 1 N–H and O–H groups in total. The number of nitrogens with one attached hydrogen (secondary N) is 1. The summed E-state index contributed by atoms with van der Waals surface area (Å²) < 4.78 is 6.06. The maximum Gasteiger partial charge on any atom is 0.225 e. The third-order valence-electron chi connectivity index (χ3n) is 5.02. The van der Waals surface area contributed by atoms with Gasteiger partial charge in [0.15, 0.2) is 5.78 Å². The largest absolute Gasteiger partial charge is 0.489 e. The van der Waals surface area contributed by atoms with Crippen molar-refractivity contribution in [1.29, 1.82) is 0 Å². The maximum absolute atomic E-state index is 12.6. The van der Waals surface area contributed by atoms with E-state index >= 15 is 0 Å². The Hall–Kier alpha value is -2.88. The molecule has 0 aromatic heterocycles. The van der Waals surface area contributed by atoms with Gasteiger partial charge in [-0.2, -0.15) is 0 Å². The van der Waals surface area contributed by atoms with Crippen LogP contribution < -0.4 is 10.1 Å². The zero-order valence-corrected chi connectivity index (χ0v) is 14.5. The minimum absolute atomic E-state index is 0.0266. The summed E-state index contributed by atoms with van der Waals surface area (Å²) in [7, 11) is 0. The normalized spacial score (nSPS) is 19.8. The highest BCUT2D eigenvalue weighted by Crippen LogP contribution is 2.41. The lowest BCUT2D eigenvalue weighted by Crippen LogP contribution is -2.36. The average molecular weight is 347 g/mol. The Bertz CT molecular complexity index is 870. The number of carbonyl (C=O) groups excluding carboxylic acids is 2. The van der Waals surface area contributed by atoms with Crippen molar-refractivity contribution in [1.82, 2.24) is 5.32 Å². The predicted octanol–water partition coefficient (Wildman–Crippen LogP) is 3.88. The molecule has 0 fully saturated rings. The van der Waals surface area contributed by atoms with Crippen molar-refractivity contribution in [3.63, 3.8) is 0 Å². The van der Waals surface area contributed by atoms with E-state index in [1.54, 1.807) is 0 Å². The van der Waals surface area contributed by atoms with Gasteiger partial charge >= 0.3 is 0 Å². The molecule has 1 aliphatic heterocycles. The molecule has 2 aliphatic rings. The van der Waals surface area contributed by atoms with E-state index in [2.05, 4.69) is 5.32 Å². The number of amides is 1. The molecule has 1 aliphatic carbocycles. The molecule has 4 heteroatoms. The number of para-hydroxylation sites is 1. The van der Waals surface area contributed by atoms with Gasteiger partial charge in [-0.15, -0.1) is 0 Å². The Kier molecular flexibility index (Phi) is 4.57. The second-order valence-electron chi connectivity index (χ2n) is 6.79. The maximum atomic E-state index is 12.6. The number of carbonyl (C=O) groups is 2. The van der Waals surface area contributed by atoms with E-state index in [1.165, 1.54) is 0 Å². The Morgan fingerprint density at radius 3 is 2.58 bits per heavy atom. The molecule has 132 valence electrons. The predicted molar refractivity (Wildman–Crippen MR) is 98.6 cm³/mol. The van der Waals surface area contributed by atoms with Crippen LogP contribution in [0.1, 0.15) is 42.7 Å². The molecular formula is C22H21NO3. The highest BCUT2D eigenvalue weighted by Gasteiger charge is 2.35. The Morgan fingerprint density at radius 2 is 1.73 bits per heavy atom. The van der Waals surface area contributed by atoms with Gasteiger partial charge in [0, 0.05) is 35.6 Å². The van der Waals surface area contributed by atoms with Gasteiger partial charge in [-0.05, 0) is 24.5 Å². The number of hydrogen-bond acceptors (Lipinski definition) is 3. The van der Waals surface area contributed by atoms with Crippen molar-refractivity contribution in [2.75, 3.05) is 0 Å². The molecule has 4 nitrogen and oxygen atoms in total. The van der Waals surface area contributed by atoms with Crippen LogP contribution in [0.25, 0.3) is 0 Å². The van der Waals surface area contributed by atoms with Gasteiger partial charge in [-0.1, -0.05) is 48.5 Å². The van der Waals surface area contributed by atoms with Crippen LogP contribution in [0.15, 0.2) is 65.9 Å². The zero-order chi connectivity index (χ0) is 17.9. The fraction of sp³-hybridized carbons (Fsp3) is 0.273. The number of allylic oxidation sites excluding steroid dienone is 2. The lowest BCUT2D eigenvalue weighted by Gasteiger charge is -2.31. The fourth-order valence-corrected chi connectivity index (χ4v) is 3.81. The van der Waals surface area contributed by atoms with E-state index in [0.29, 0.717) is 13.0 Å². The molecule has 1 atom stereocenters. The van der Waals surface area contributed by atoms with E-state index in [4.69, 9.17) is 4.74 Å². The van der Waals surface area contributed by atoms with Gasteiger partial charge in [0.1, 0.15) is 12.4 Å². The van der Waals surface area contributed by atoms with E-state index in [1.807, 2.05) is 54.6 Å². The number of ether oxygens (including phenoxy) is 1. The van der Waals surface area contributed by atoms with Gasteiger partial charge in [0.25, 0.3) is 0 Å². The summed E-state index contributed by atoms with van der Waals surface area (Å²) in [5.74, 6) is 0.634. The van der Waals surface area contributed by atoms with Gasteiger partial charge in [0.05, 0.1) is 0 Å². The van der Waals surface area contributed by atoms with Crippen molar-refractivity contribution in [3.8, 4) is 5.75 Å². The highest BCUT2D eigenvalue weighted by atomic mass is 16.5. The van der Waals surface area contributed by atoms with Gasteiger partial charge in [-0.3, -0.25) is 9.59 Å². The summed E-state index contributed by atoms with van der Waals surface area (Å²) in [6.45, 7) is 0.455. The van der Waals surface area contributed by atoms with Crippen LogP contribution in [0.3, 0.4) is 0 Å². The molecule has 2 aromatic rings. The summed E-state index contributed by atoms with van der Waals surface area (Å²) in [5, 5.41) is 2.90. The molecule has 0 radical (unpaired) electrons.